The van der Waals surface area contributed by atoms with Crippen molar-refractivity contribution in [2.24, 2.45) is 5.92 Å². The first kappa shape index (κ1) is 16.9. The van der Waals surface area contributed by atoms with Gasteiger partial charge in [0.1, 0.15) is 0 Å². The molecule has 0 bridgehead atoms. The maximum Gasteiger partial charge on any atom is 0.231 e. The molecule has 7 heteroatoms. The normalized spacial score (nSPS) is 15.3. The summed E-state index contributed by atoms with van der Waals surface area (Å²) in [7, 11) is 0. The minimum atomic E-state index is 0.235. The highest BCUT2D eigenvalue weighted by Crippen LogP contribution is 2.35. The van der Waals surface area contributed by atoms with E-state index >= 15 is 0 Å². The van der Waals surface area contributed by atoms with E-state index in [1.54, 1.807) is 0 Å². The summed E-state index contributed by atoms with van der Waals surface area (Å²) >= 11 is 0. The second-order valence-electron chi connectivity index (χ2n) is 6.78. The van der Waals surface area contributed by atoms with E-state index in [0.717, 1.165) is 43.5 Å². The number of carbonyl (C=O) groups excluding carboxylic acids is 1. The van der Waals surface area contributed by atoms with Gasteiger partial charge in [-0.3, -0.25) is 4.79 Å². The maximum absolute atomic E-state index is 12.4. The number of unbranched alkanes of at least 4 members (excludes halogenated alkanes) is 1. The predicted octanol–water partition coefficient (Wildman–Crippen LogP) is 3.05. The number of aromatic nitrogens is 2. The second-order valence-corrected chi connectivity index (χ2v) is 6.78. The second kappa shape index (κ2) is 7.35. The average Bonchev–Trinajstić information content (AvgIpc) is 3.22. The van der Waals surface area contributed by atoms with Gasteiger partial charge in [-0.25, -0.2) is 0 Å². The Balaban J connectivity index is 1.40. The van der Waals surface area contributed by atoms with Crippen LogP contribution in [-0.2, 0) is 11.2 Å². The van der Waals surface area contributed by atoms with Crippen LogP contribution in [0.1, 0.15) is 38.5 Å². The Morgan fingerprint density at radius 2 is 2.08 bits per heavy atom. The molecule has 0 spiro atoms. The topological polar surface area (TPSA) is 77.7 Å². The van der Waals surface area contributed by atoms with Gasteiger partial charge in [0.05, 0.1) is 0 Å². The predicted molar refractivity (Wildman–Crippen MR) is 93.8 cm³/mol. The van der Waals surface area contributed by atoms with E-state index in [4.69, 9.17) is 14.0 Å². The van der Waals surface area contributed by atoms with E-state index in [0.29, 0.717) is 30.4 Å². The van der Waals surface area contributed by atoms with Gasteiger partial charge in [-0.1, -0.05) is 18.5 Å². The van der Waals surface area contributed by atoms with Crippen LogP contribution in [0.5, 0.6) is 11.5 Å². The van der Waals surface area contributed by atoms with Crippen LogP contribution < -0.4 is 9.47 Å². The fourth-order valence-corrected chi connectivity index (χ4v) is 3.01. The lowest BCUT2D eigenvalue weighted by atomic mass is 10.2. The highest BCUT2D eigenvalue weighted by atomic mass is 16.7. The van der Waals surface area contributed by atoms with E-state index in [2.05, 4.69) is 17.1 Å². The summed E-state index contributed by atoms with van der Waals surface area (Å²) in [4.78, 5) is 18.8. The first-order valence-electron chi connectivity index (χ1n) is 9.26. The van der Waals surface area contributed by atoms with Gasteiger partial charge in [-0.2, -0.15) is 4.98 Å². The Bertz CT molecular complexity index is 785. The molecule has 7 nitrogen and oxygen atoms in total. The molecule has 2 aromatic rings. The van der Waals surface area contributed by atoms with E-state index in [1.165, 1.54) is 0 Å². The lowest BCUT2D eigenvalue weighted by Crippen LogP contribution is -2.35. The molecule has 1 aliphatic heterocycles. The Morgan fingerprint density at radius 1 is 1.23 bits per heavy atom. The largest absolute Gasteiger partial charge is 0.454 e. The van der Waals surface area contributed by atoms with E-state index < -0.39 is 0 Å². The standard InChI is InChI=1S/C19H23N3O4/c1-2-3-9-22(19(23)13-4-5-13)10-8-17-20-18(21-26-17)14-6-7-15-16(11-14)25-12-24-15/h6-7,11,13H,2-5,8-10,12H2,1H3. The van der Waals surface area contributed by atoms with Crippen LogP contribution in [0.4, 0.5) is 0 Å². The zero-order valence-corrected chi connectivity index (χ0v) is 14.9. The fraction of sp³-hybridized carbons (Fsp3) is 0.526. The SMILES string of the molecule is CCCCN(CCc1nc(-c2ccc3c(c2)OCO3)no1)C(=O)C1CC1. The number of benzene rings is 1. The summed E-state index contributed by atoms with van der Waals surface area (Å²) in [6.07, 6.45) is 4.71. The average molecular weight is 357 g/mol. The van der Waals surface area contributed by atoms with Gasteiger partial charge in [0, 0.05) is 31.0 Å². The van der Waals surface area contributed by atoms with Crippen LogP contribution in [0.2, 0.25) is 0 Å². The van der Waals surface area contributed by atoms with Crippen LogP contribution in [0, 0.1) is 5.92 Å². The molecule has 0 N–H and O–H groups in total. The Morgan fingerprint density at radius 3 is 2.88 bits per heavy atom. The summed E-state index contributed by atoms with van der Waals surface area (Å²) in [6.45, 7) is 3.79. The number of ether oxygens (including phenoxy) is 2. The Labute approximate surface area is 152 Å². The van der Waals surface area contributed by atoms with Gasteiger partial charge in [-0.05, 0) is 37.5 Å². The van der Waals surface area contributed by atoms with Crippen molar-refractivity contribution in [1.29, 1.82) is 0 Å². The minimum absolute atomic E-state index is 0.235. The highest BCUT2D eigenvalue weighted by molar-refractivity contribution is 5.81. The third-order valence-electron chi connectivity index (χ3n) is 4.71. The summed E-state index contributed by atoms with van der Waals surface area (Å²) < 4.78 is 16.1. The van der Waals surface area contributed by atoms with Gasteiger partial charge in [-0.15, -0.1) is 0 Å². The molecule has 0 unspecified atom stereocenters. The molecule has 1 fully saturated rings. The summed E-state index contributed by atoms with van der Waals surface area (Å²) in [5, 5.41) is 4.06. The molecule has 0 saturated heterocycles. The van der Waals surface area contributed by atoms with Gasteiger partial charge in [0.2, 0.25) is 24.4 Å². The number of hydrogen-bond donors (Lipinski definition) is 0. The van der Waals surface area contributed by atoms with Crippen molar-refractivity contribution in [3.63, 3.8) is 0 Å². The van der Waals surface area contributed by atoms with Gasteiger partial charge in [0.25, 0.3) is 0 Å². The Kier molecular flexibility index (Phi) is 4.77. The lowest BCUT2D eigenvalue weighted by molar-refractivity contribution is -0.132. The van der Waals surface area contributed by atoms with Crippen LogP contribution in [-0.4, -0.2) is 40.8 Å². The summed E-state index contributed by atoms with van der Waals surface area (Å²) in [5.74, 6) is 2.99. The van der Waals surface area contributed by atoms with Crippen molar-refractivity contribution in [3.05, 3.63) is 24.1 Å². The Hall–Kier alpha value is -2.57. The van der Waals surface area contributed by atoms with Gasteiger partial charge in [0.15, 0.2) is 11.5 Å². The third-order valence-corrected chi connectivity index (χ3v) is 4.71. The van der Waals surface area contributed by atoms with Crippen LogP contribution >= 0.6 is 0 Å². The molecule has 0 radical (unpaired) electrons. The fourth-order valence-electron chi connectivity index (χ4n) is 3.01. The van der Waals surface area contributed by atoms with Crippen molar-refractivity contribution in [2.75, 3.05) is 19.9 Å². The molecule has 2 heterocycles. The molecule has 1 aromatic carbocycles. The molecule has 2 aliphatic rings. The summed E-state index contributed by atoms with van der Waals surface area (Å²) in [5.41, 5.74) is 0.821. The van der Waals surface area contributed by atoms with Crippen molar-refractivity contribution in [3.8, 4) is 22.9 Å². The number of carbonyl (C=O) groups is 1. The molecular formula is C19H23N3O4. The molecule has 1 saturated carbocycles. The number of nitrogens with zero attached hydrogens (tertiary/aromatic N) is 3. The lowest BCUT2D eigenvalue weighted by Gasteiger charge is -2.21. The van der Waals surface area contributed by atoms with Gasteiger partial charge < -0.3 is 18.9 Å². The van der Waals surface area contributed by atoms with Gasteiger partial charge >= 0.3 is 0 Å². The molecule has 1 aromatic heterocycles. The van der Waals surface area contributed by atoms with Crippen LogP contribution in [0.3, 0.4) is 0 Å². The van der Waals surface area contributed by atoms with Crippen molar-refractivity contribution < 1.29 is 18.8 Å². The monoisotopic (exact) mass is 357 g/mol. The molecule has 0 atom stereocenters. The van der Waals surface area contributed by atoms with Crippen molar-refractivity contribution in [2.45, 2.75) is 39.0 Å². The molecule has 138 valence electrons. The third kappa shape index (κ3) is 3.66. The molecule has 26 heavy (non-hydrogen) atoms. The molecule has 4 rings (SSSR count). The number of fused-ring (bicyclic) bond motifs is 1. The number of rotatable bonds is 8. The molecular weight excluding hydrogens is 334 g/mol. The smallest absolute Gasteiger partial charge is 0.231 e. The maximum atomic E-state index is 12.4. The molecule has 1 amide bonds. The number of hydrogen-bond acceptors (Lipinski definition) is 6. The van der Waals surface area contributed by atoms with Crippen molar-refractivity contribution >= 4 is 5.91 Å². The number of amides is 1. The highest BCUT2D eigenvalue weighted by Gasteiger charge is 2.33. The van der Waals surface area contributed by atoms with Crippen molar-refractivity contribution in [1.82, 2.24) is 15.0 Å². The molecule has 1 aliphatic carbocycles. The zero-order valence-electron chi connectivity index (χ0n) is 14.9. The quantitative estimate of drug-likeness (QED) is 0.723. The van der Waals surface area contributed by atoms with Crippen LogP contribution in [0.15, 0.2) is 22.7 Å². The zero-order chi connectivity index (χ0) is 17.9. The van der Waals surface area contributed by atoms with Crippen LogP contribution in [0.25, 0.3) is 11.4 Å². The van der Waals surface area contributed by atoms with E-state index in [1.807, 2.05) is 23.1 Å². The summed E-state index contributed by atoms with van der Waals surface area (Å²) in [6, 6.07) is 5.57. The minimum Gasteiger partial charge on any atom is -0.454 e. The van der Waals surface area contributed by atoms with E-state index in [-0.39, 0.29) is 18.6 Å². The van der Waals surface area contributed by atoms with E-state index in [9.17, 15) is 4.79 Å². The first-order chi connectivity index (χ1) is 12.7. The first-order valence-corrected chi connectivity index (χ1v) is 9.26.